The van der Waals surface area contributed by atoms with Gasteiger partial charge < -0.3 is 4.57 Å². The average Bonchev–Trinajstić information content (AvgIpc) is 3.53. The van der Waals surface area contributed by atoms with E-state index in [2.05, 4.69) is 168 Å². The predicted octanol–water partition coefficient (Wildman–Crippen LogP) is 13.1. The topological polar surface area (TPSA) is 43.6 Å². The molecule has 9 aromatic carbocycles. The molecule has 0 bridgehead atoms. The van der Waals surface area contributed by atoms with Crippen molar-refractivity contribution in [1.82, 2.24) is 19.5 Å². The van der Waals surface area contributed by atoms with Crippen molar-refractivity contribution < 1.29 is 0 Å². The van der Waals surface area contributed by atoms with Crippen LogP contribution in [0.1, 0.15) is 0 Å². The monoisotopic (exact) mass is 698 g/mol. The van der Waals surface area contributed by atoms with E-state index in [1.54, 1.807) is 0 Å². The average molecular weight is 699 g/mol. The predicted molar refractivity (Wildman–Crippen MR) is 227 cm³/mol. The van der Waals surface area contributed by atoms with Crippen molar-refractivity contribution in [3.8, 4) is 62.1 Å². The van der Waals surface area contributed by atoms with Gasteiger partial charge in [0.1, 0.15) is 0 Å². The Hall–Kier alpha value is -7.43. The maximum Gasteiger partial charge on any atom is 0.166 e. The summed E-state index contributed by atoms with van der Waals surface area (Å²) in [6, 6.07) is 65.0. The second-order valence-corrected chi connectivity index (χ2v) is 14.3. The van der Waals surface area contributed by atoms with Gasteiger partial charge in [-0.1, -0.05) is 164 Å². The fourth-order valence-electron chi connectivity index (χ4n) is 9.00. The Morgan fingerprint density at radius 3 is 1.62 bits per heavy atom. The second-order valence-electron chi connectivity index (χ2n) is 14.3. The summed E-state index contributed by atoms with van der Waals surface area (Å²) < 4.78 is 2.47. The summed E-state index contributed by atoms with van der Waals surface area (Å²) >= 11 is 0. The molecule has 0 saturated heterocycles. The fraction of sp³-hybridized carbons (Fsp3) is 0. The molecule has 12 rings (SSSR count). The zero-order valence-electron chi connectivity index (χ0n) is 29.6. The number of hydrogen-bond acceptors (Lipinski definition) is 3. The summed E-state index contributed by atoms with van der Waals surface area (Å²) in [7, 11) is 0. The molecule has 1 aliphatic carbocycles. The quantitative estimate of drug-likeness (QED) is 0.184. The molecule has 0 spiro atoms. The molecule has 2 heterocycles. The largest absolute Gasteiger partial charge is 0.308 e. The third-order valence-electron chi connectivity index (χ3n) is 11.4. The van der Waals surface area contributed by atoms with Crippen LogP contribution in [0.5, 0.6) is 0 Å². The van der Waals surface area contributed by atoms with E-state index in [-0.39, 0.29) is 0 Å². The minimum Gasteiger partial charge on any atom is -0.308 e. The first kappa shape index (κ1) is 30.1. The van der Waals surface area contributed by atoms with Crippen molar-refractivity contribution >= 4 is 54.1 Å². The van der Waals surface area contributed by atoms with Crippen LogP contribution in [0.15, 0.2) is 182 Å². The van der Waals surface area contributed by atoms with Crippen LogP contribution >= 0.6 is 0 Å². The normalized spacial score (nSPS) is 12.0. The lowest BCUT2D eigenvalue weighted by atomic mass is 9.93. The van der Waals surface area contributed by atoms with Gasteiger partial charge >= 0.3 is 0 Å². The first-order chi connectivity index (χ1) is 27.3. The lowest BCUT2D eigenvalue weighted by Gasteiger charge is -2.18. The number of nitrogens with zero attached hydrogens (tertiary/aromatic N) is 4. The van der Waals surface area contributed by atoms with Gasteiger partial charge in [0.05, 0.1) is 16.7 Å². The molecule has 4 heteroatoms. The van der Waals surface area contributed by atoms with Crippen LogP contribution in [0.2, 0.25) is 0 Å². The van der Waals surface area contributed by atoms with Crippen LogP contribution in [0.25, 0.3) is 116 Å². The van der Waals surface area contributed by atoms with Crippen molar-refractivity contribution in [2.24, 2.45) is 0 Å². The summed E-state index contributed by atoms with van der Waals surface area (Å²) in [4.78, 5) is 15.8. The highest BCUT2D eigenvalue weighted by atomic mass is 15.1. The van der Waals surface area contributed by atoms with Crippen molar-refractivity contribution in [2.75, 3.05) is 0 Å². The summed E-state index contributed by atoms with van der Waals surface area (Å²) in [5, 5.41) is 9.58. The van der Waals surface area contributed by atoms with Crippen LogP contribution in [0.3, 0.4) is 0 Å². The van der Waals surface area contributed by atoms with E-state index in [0.29, 0.717) is 17.5 Å². The highest BCUT2D eigenvalue weighted by Gasteiger charge is 2.27. The van der Waals surface area contributed by atoms with E-state index in [1.807, 2.05) is 18.2 Å². The first-order valence-electron chi connectivity index (χ1n) is 18.7. The molecule has 0 radical (unpaired) electrons. The van der Waals surface area contributed by atoms with E-state index in [4.69, 9.17) is 15.0 Å². The number of benzene rings is 9. The lowest BCUT2D eigenvalue weighted by molar-refractivity contribution is 1.07. The third-order valence-corrected chi connectivity index (χ3v) is 11.4. The van der Waals surface area contributed by atoms with Crippen LogP contribution in [-0.2, 0) is 0 Å². The summed E-state index contributed by atoms with van der Waals surface area (Å²) in [6.45, 7) is 0. The van der Waals surface area contributed by atoms with Gasteiger partial charge in [-0.05, 0) is 67.4 Å². The SMILES string of the molecule is c1ccc(-c2nc(-c3ccc4ccccc4c3-n3c4cccc5c4c4c6c(cccc6ccc43)-c3ccccc3-5)nc(-c3cccc4ccccc34)n2)cc1. The Labute approximate surface area is 316 Å². The Morgan fingerprint density at radius 2 is 0.818 bits per heavy atom. The molecule has 0 amide bonds. The molecule has 55 heavy (non-hydrogen) atoms. The van der Waals surface area contributed by atoms with Crippen molar-refractivity contribution in [3.63, 3.8) is 0 Å². The number of hydrogen-bond donors (Lipinski definition) is 0. The van der Waals surface area contributed by atoms with Gasteiger partial charge in [-0.15, -0.1) is 0 Å². The van der Waals surface area contributed by atoms with Gasteiger partial charge in [0, 0.05) is 32.8 Å². The van der Waals surface area contributed by atoms with Gasteiger partial charge in [0.2, 0.25) is 0 Å². The van der Waals surface area contributed by atoms with E-state index < -0.39 is 0 Å². The van der Waals surface area contributed by atoms with Crippen molar-refractivity contribution in [1.29, 1.82) is 0 Å². The molecule has 11 aromatic rings. The molecular weight excluding hydrogens is 669 g/mol. The third kappa shape index (κ3) is 4.37. The number of rotatable bonds is 4. The zero-order valence-corrected chi connectivity index (χ0v) is 29.6. The van der Waals surface area contributed by atoms with E-state index in [0.717, 1.165) is 55.0 Å². The van der Waals surface area contributed by atoms with E-state index in [9.17, 15) is 0 Å². The zero-order chi connectivity index (χ0) is 36.0. The molecule has 0 N–H and O–H groups in total. The Balaban J connectivity index is 1.23. The van der Waals surface area contributed by atoms with Crippen LogP contribution in [-0.4, -0.2) is 19.5 Å². The number of aromatic nitrogens is 4. The molecule has 1 aliphatic rings. The highest BCUT2D eigenvalue weighted by Crippen LogP contribution is 2.50. The number of fused-ring (bicyclic) bond motifs is 5. The van der Waals surface area contributed by atoms with Crippen molar-refractivity contribution in [2.45, 2.75) is 0 Å². The summed E-state index contributed by atoms with van der Waals surface area (Å²) in [6.07, 6.45) is 0. The smallest absolute Gasteiger partial charge is 0.166 e. The standard InChI is InChI=1S/C51H30N4/c1-2-15-34(16-3-1)49-52-50(41-25-10-17-31-13-4-6-19-35(31)41)54-51(53-49)42-29-27-32-14-5-7-20-36(32)48(42)55-43-26-12-24-40-38-22-9-8-21-37(38)39-23-11-18-33-28-30-44(55)47(45(33)39)46(40)43/h1-30H. The molecule has 254 valence electrons. The Morgan fingerprint density at radius 1 is 0.291 bits per heavy atom. The molecule has 0 unspecified atom stereocenters. The van der Waals surface area contributed by atoms with E-state index >= 15 is 0 Å². The van der Waals surface area contributed by atoms with Gasteiger partial charge in [0.25, 0.3) is 0 Å². The minimum atomic E-state index is 0.627. The Kier molecular flexibility index (Phi) is 6.31. The van der Waals surface area contributed by atoms with Crippen LogP contribution in [0, 0.1) is 0 Å². The van der Waals surface area contributed by atoms with Gasteiger partial charge in [0.15, 0.2) is 17.5 Å². The lowest BCUT2D eigenvalue weighted by Crippen LogP contribution is -2.04. The fourth-order valence-corrected chi connectivity index (χ4v) is 9.00. The summed E-state index contributed by atoms with van der Waals surface area (Å²) in [5.74, 6) is 1.91. The molecule has 0 fully saturated rings. The Bertz CT molecular complexity index is 3370. The summed E-state index contributed by atoms with van der Waals surface area (Å²) in [5.41, 5.74) is 11.2. The van der Waals surface area contributed by atoms with Gasteiger partial charge in [-0.2, -0.15) is 0 Å². The van der Waals surface area contributed by atoms with Gasteiger partial charge in [-0.25, -0.2) is 15.0 Å². The van der Waals surface area contributed by atoms with Crippen LogP contribution in [0.4, 0.5) is 0 Å². The maximum absolute atomic E-state index is 5.37. The van der Waals surface area contributed by atoms with Gasteiger partial charge in [-0.3, -0.25) is 0 Å². The molecule has 0 saturated carbocycles. The van der Waals surface area contributed by atoms with E-state index in [1.165, 1.54) is 43.8 Å². The van der Waals surface area contributed by atoms with Crippen molar-refractivity contribution in [3.05, 3.63) is 182 Å². The maximum atomic E-state index is 5.37. The minimum absolute atomic E-state index is 0.627. The molecule has 2 aromatic heterocycles. The molecular formula is C51H30N4. The highest BCUT2D eigenvalue weighted by molar-refractivity contribution is 6.30. The molecule has 0 atom stereocenters. The first-order valence-corrected chi connectivity index (χ1v) is 18.7. The second kappa shape index (κ2) is 11.5. The molecule has 0 aliphatic heterocycles. The molecule has 4 nitrogen and oxygen atoms in total. The van der Waals surface area contributed by atoms with Crippen LogP contribution < -0.4 is 0 Å².